The molecule has 2 heterocycles. The number of aromatic nitrogens is 2. The van der Waals surface area contributed by atoms with Crippen molar-refractivity contribution >= 4 is 17.6 Å². The Morgan fingerprint density at radius 2 is 2.17 bits per heavy atom. The number of nitrogen functional groups attached to an aromatic ring is 1. The van der Waals surface area contributed by atoms with E-state index in [0.717, 1.165) is 0 Å². The maximum absolute atomic E-state index is 11.7. The minimum Gasteiger partial charge on any atom is -0.396 e. The van der Waals surface area contributed by atoms with Crippen LogP contribution in [0.1, 0.15) is 5.37 Å². The average molecular weight is 269 g/mol. The lowest BCUT2D eigenvalue weighted by Gasteiger charge is -2.29. The van der Waals surface area contributed by atoms with Gasteiger partial charge in [-0.25, -0.2) is 4.79 Å². The standard InChI is InChI=1S/C11H15N3O3S/c12-9-3-4-14(11(17)13-9)10-2-1-7(5-15)8(6-16)18-10/h1-4,7-8,10,15-16H,5-6H2,(H2,12,13,17)/t7-,8-,10-/m1/s1. The van der Waals surface area contributed by atoms with Crippen LogP contribution < -0.4 is 11.4 Å². The molecule has 0 aromatic carbocycles. The van der Waals surface area contributed by atoms with Gasteiger partial charge < -0.3 is 15.9 Å². The number of hydrogen-bond acceptors (Lipinski definition) is 6. The lowest BCUT2D eigenvalue weighted by molar-refractivity contribution is 0.212. The largest absolute Gasteiger partial charge is 0.396 e. The summed E-state index contributed by atoms with van der Waals surface area (Å²) in [4.78, 5) is 15.4. The van der Waals surface area contributed by atoms with Crippen LogP contribution in [-0.4, -0.2) is 38.2 Å². The third kappa shape index (κ3) is 2.58. The summed E-state index contributed by atoms with van der Waals surface area (Å²) in [6.45, 7) is -0.0653. The molecular weight excluding hydrogens is 254 g/mol. The smallest absolute Gasteiger partial charge is 0.350 e. The Hall–Kier alpha value is -1.31. The summed E-state index contributed by atoms with van der Waals surface area (Å²) in [5.74, 6) is 0.0988. The third-order valence-corrected chi connectivity index (χ3v) is 4.34. The van der Waals surface area contributed by atoms with Crippen LogP contribution in [0, 0.1) is 5.92 Å². The van der Waals surface area contributed by atoms with Crippen molar-refractivity contribution in [2.24, 2.45) is 5.92 Å². The van der Waals surface area contributed by atoms with Gasteiger partial charge in [0.2, 0.25) is 0 Å². The van der Waals surface area contributed by atoms with Crippen molar-refractivity contribution in [3.05, 3.63) is 34.9 Å². The maximum atomic E-state index is 11.7. The van der Waals surface area contributed by atoms with Gasteiger partial charge in [0.15, 0.2) is 0 Å². The molecule has 2 rings (SSSR count). The predicted molar refractivity (Wildman–Crippen MR) is 70.1 cm³/mol. The second kappa shape index (κ2) is 5.55. The molecule has 4 N–H and O–H groups in total. The van der Waals surface area contributed by atoms with Crippen molar-refractivity contribution in [3.8, 4) is 0 Å². The van der Waals surface area contributed by atoms with Crippen molar-refractivity contribution in [1.29, 1.82) is 0 Å². The fourth-order valence-corrected chi connectivity index (χ4v) is 3.12. The Morgan fingerprint density at radius 1 is 1.39 bits per heavy atom. The molecule has 3 atom stereocenters. The molecule has 0 radical (unpaired) electrons. The van der Waals surface area contributed by atoms with E-state index in [0.29, 0.717) is 0 Å². The fourth-order valence-electron chi connectivity index (χ4n) is 1.82. The lowest BCUT2D eigenvalue weighted by Crippen LogP contribution is -2.32. The van der Waals surface area contributed by atoms with Gasteiger partial charge in [0.05, 0.1) is 13.2 Å². The summed E-state index contributed by atoms with van der Waals surface area (Å²) >= 11 is 1.42. The monoisotopic (exact) mass is 269 g/mol. The highest BCUT2D eigenvalue weighted by atomic mass is 32.2. The van der Waals surface area contributed by atoms with Crippen molar-refractivity contribution in [1.82, 2.24) is 9.55 Å². The zero-order valence-electron chi connectivity index (χ0n) is 9.64. The first-order valence-corrected chi connectivity index (χ1v) is 6.50. The van der Waals surface area contributed by atoms with Gasteiger partial charge in [-0.05, 0) is 6.07 Å². The van der Waals surface area contributed by atoms with Crippen molar-refractivity contribution in [2.45, 2.75) is 10.6 Å². The molecule has 0 bridgehead atoms. The summed E-state index contributed by atoms with van der Waals surface area (Å²) < 4.78 is 1.45. The van der Waals surface area contributed by atoms with Gasteiger partial charge >= 0.3 is 5.69 Å². The van der Waals surface area contributed by atoms with Gasteiger partial charge in [-0.2, -0.15) is 4.98 Å². The molecule has 18 heavy (non-hydrogen) atoms. The number of thioether (sulfide) groups is 1. The number of anilines is 1. The first kappa shape index (κ1) is 13.1. The second-order valence-electron chi connectivity index (χ2n) is 4.02. The van der Waals surface area contributed by atoms with E-state index in [-0.39, 0.29) is 35.6 Å². The first-order valence-electron chi connectivity index (χ1n) is 5.56. The minimum absolute atomic E-state index is 0.0175. The Balaban J connectivity index is 2.27. The summed E-state index contributed by atoms with van der Waals surface area (Å²) in [6, 6.07) is 1.56. The first-order chi connectivity index (χ1) is 8.65. The molecule has 0 spiro atoms. The quantitative estimate of drug-likeness (QED) is 0.645. The summed E-state index contributed by atoms with van der Waals surface area (Å²) in [6.07, 6.45) is 5.24. The summed E-state index contributed by atoms with van der Waals surface area (Å²) in [5.41, 5.74) is 5.01. The molecule has 1 aromatic heterocycles. The Kier molecular flexibility index (Phi) is 4.05. The molecule has 1 aliphatic heterocycles. The number of aliphatic hydroxyl groups excluding tert-OH is 2. The fraction of sp³-hybridized carbons (Fsp3) is 0.455. The second-order valence-corrected chi connectivity index (χ2v) is 5.38. The highest BCUT2D eigenvalue weighted by Crippen LogP contribution is 2.36. The summed E-state index contributed by atoms with van der Waals surface area (Å²) in [5, 5.41) is 18.1. The Bertz CT molecular complexity index is 503. The van der Waals surface area contributed by atoms with Gasteiger partial charge in [0.1, 0.15) is 11.2 Å². The van der Waals surface area contributed by atoms with Gasteiger partial charge in [0.25, 0.3) is 0 Å². The predicted octanol–water partition coefficient (Wildman–Crippen LogP) is -0.404. The highest BCUT2D eigenvalue weighted by Gasteiger charge is 2.27. The SMILES string of the molecule is Nc1ccn([C@H]2C=C[C@H](CO)[C@@H](CO)S2)c(=O)n1. The van der Waals surface area contributed by atoms with E-state index in [1.807, 2.05) is 12.2 Å². The molecule has 98 valence electrons. The van der Waals surface area contributed by atoms with Gasteiger partial charge in [-0.15, -0.1) is 11.8 Å². The number of aliphatic hydroxyl groups is 2. The maximum Gasteiger partial charge on any atom is 0.350 e. The van der Waals surface area contributed by atoms with Crippen LogP contribution >= 0.6 is 11.8 Å². The van der Waals surface area contributed by atoms with Crippen LogP contribution in [0.5, 0.6) is 0 Å². The molecule has 0 unspecified atom stereocenters. The van der Waals surface area contributed by atoms with E-state index in [1.54, 1.807) is 12.3 Å². The molecule has 0 fully saturated rings. The normalized spacial score (nSPS) is 27.3. The average Bonchev–Trinajstić information content (AvgIpc) is 2.38. The van der Waals surface area contributed by atoms with Gasteiger partial charge in [0, 0.05) is 17.4 Å². The molecular formula is C11H15N3O3S. The molecule has 0 aliphatic carbocycles. The van der Waals surface area contributed by atoms with E-state index >= 15 is 0 Å². The Morgan fingerprint density at radius 3 is 2.78 bits per heavy atom. The number of nitrogens with two attached hydrogens (primary N) is 1. The van der Waals surface area contributed by atoms with Crippen molar-refractivity contribution in [2.75, 3.05) is 18.9 Å². The van der Waals surface area contributed by atoms with Crippen LogP contribution in [-0.2, 0) is 0 Å². The topological polar surface area (TPSA) is 101 Å². The number of hydrogen-bond donors (Lipinski definition) is 3. The highest BCUT2D eigenvalue weighted by molar-refractivity contribution is 8.00. The lowest BCUT2D eigenvalue weighted by atomic mass is 10.1. The van der Waals surface area contributed by atoms with Crippen LogP contribution in [0.2, 0.25) is 0 Å². The molecule has 1 aliphatic rings. The molecule has 0 saturated heterocycles. The van der Waals surface area contributed by atoms with Crippen LogP contribution in [0.25, 0.3) is 0 Å². The van der Waals surface area contributed by atoms with Gasteiger partial charge in [-0.1, -0.05) is 12.2 Å². The molecule has 7 heteroatoms. The Labute approximate surface area is 108 Å². The zero-order valence-corrected chi connectivity index (χ0v) is 10.5. The number of rotatable bonds is 3. The zero-order chi connectivity index (χ0) is 13.1. The van der Waals surface area contributed by atoms with E-state index in [4.69, 9.17) is 10.8 Å². The van der Waals surface area contributed by atoms with Crippen LogP contribution in [0.3, 0.4) is 0 Å². The molecule has 0 saturated carbocycles. The van der Waals surface area contributed by atoms with Crippen LogP contribution in [0.15, 0.2) is 29.2 Å². The number of nitrogens with zero attached hydrogens (tertiary/aromatic N) is 2. The van der Waals surface area contributed by atoms with Gasteiger partial charge in [-0.3, -0.25) is 4.57 Å². The third-order valence-electron chi connectivity index (χ3n) is 2.83. The summed E-state index contributed by atoms with van der Waals surface area (Å²) in [7, 11) is 0. The van der Waals surface area contributed by atoms with Crippen LogP contribution in [0.4, 0.5) is 5.82 Å². The van der Waals surface area contributed by atoms with Crippen molar-refractivity contribution < 1.29 is 10.2 Å². The van der Waals surface area contributed by atoms with E-state index < -0.39 is 5.69 Å². The molecule has 0 amide bonds. The minimum atomic E-state index is -0.420. The van der Waals surface area contributed by atoms with Crippen molar-refractivity contribution in [3.63, 3.8) is 0 Å². The van der Waals surface area contributed by atoms with E-state index in [1.165, 1.54) is 16.3 Å². The molecule has 1 aromatic rings. The van der Waals surface area contributed by atoms with E-state index in [2.05, 4.69) is 4.98 Å². The van der Waals surface area contributed by atoms with E-state index in [9.17, 15) is 9.90 Å². The molecule has 6 nitrogen and oxygen atoms in total.